The highest BCUT2D eigenvalue weighted by molar-refractivity contribution is 5.91. The summed E-state index contributed by atoms with van der Waals surface area (Å²) in [4.78, 5) is 13.4. The lowest BCUT2D eigenvalue weighted by atomic mass is 10.3. The first-order valence-corrected chi connectivity index (χ1v) is 6.62. The smallest absolute Gasteiger partial charge is 0.321 e. The van der Waals surface area contributed by atoms with Crippen LogP contribution in [0.25, 0.3) is 0 Å². The number of urea groups is 1. The Bertz CT molecular complexity index is 590. The largest absolute Gasteiger partial charge is 0.492 e. The number of rotatable bonds is 5. The summed E-state index contributed by atoms with van der Waals surface area (Å²) in [6.07, 6.45) is 0. The van der Waals surface area contributed by atoms with Crippen molar-refractivity contribution in [3.05, 3.63) is 60.4 Å². The van der Waals surface area contributed by atoms with Crippen LogP contribution in [0.1, 0.15) is 0 Å². The number of benzene rings is 2. The Kier molecular flexibility index (Phi) is 5.15. The molecular formula is C16H17FN2O2. The third-order valence-corrected chi connectivity index (χ3v) is 2.89. The van der Waals surface area contributed by atoms with Crippen molar-refractivity contribution in [2.75, 3.05) is 25.1 Å². The van der Waals surface area contributed by atoms with Gasteiger partial charge in [-0.15, -0.1) is 0 Å². The highest BCUT2D eigenvalue weighted by Crippen LogP contribution is 2.12. The molecule has 110 valence electrons. The molecule has 0 saturated heterocycles. The van der Waals surface area contributed by atoms with Gasteiger partial charge in [-0.2, -0.15) is 0 Å². The molecule has 2 amide bonds. The summed E-state index contributed by atoms with van der Waals surface area (Å²) in [6, 6.07) is 15.0. The van der Waals surface area contributed by atoms with E-state index >= 15 is 0 Å². The van der Waals surface area contributed by atoms with E-state index in [2.05, 4.69) is 5.32 Å². The van der Waals surface area contributed by atoms with E-state index in [1.807, 2.05) is 30.3 Å². The molecule has 0 unspecified atom stereocenters. The molecule has 4 nitrogen and oxygen atoms in total. The molecule has 0 radical (unpaired) electrons. The van der Waals surface area contributed by atoms with Gasteiger partial charge in [-0.1, -0.05) is 24.3 Å². The topological polar surface area (TPSA) is 41.6 Å². The van der Waals surface area contributed by atoms with E-state index < -0.39 is 0 Å². The molecule has 1 N–H and O–H groups in total. The molecule has 0 heterocycles. The lowest BCUT2D eigenvalue weighted by Crippen LogP contribution is -2.39. The van der Waals surface area contributed by atoms with Gasteiger partial charge in [0, 0.05) is 18.8 Å². The molecule has 0 aliphatic carbocycles. The van der Waals surface area contributed by atoms with Gasteiger partial charge in [0.25, 0.3) is 0 Å². The number of halogens is 1. The lowest BCUT2D eigenvalue weighted by molar-refractivity contribution is 0.243. The van der Waals surface area contributed by atoms with Crippen LogP contribution in [-0.4, -0.2) is 26.2 Å². The minimum Gasteiger partial charge on any atom is -0.492 e. The fourth-order valence-corrected chi connectivity index (χ4v) is 1.77. The lowest BCUT2D eigenvalue weighted by Gasteiger charge is -2.18. The predicted octanol–water partition coefficient (Wildman–Crippen LogP) is 3.05. The van der Waals surface area contributed by atoms with Crippen LogP contribution in [0, 0.1) is 5.82 Å². The van der Waals surface area contributed by atoms with Gasteiger partial charge in [-0.3, -0.25) is 4.90 Å². The Morgan fingerprint density at radius 2 is 1.95 bits per heavy atom. The molecular weight excluding hydrogens is 271 g/mol. The van der Waals surface area contributed by atoms with Crippen molar-refractivity contribution in [3.8, 4) is 5.75 Å². The normalized spacial score (nSPS) is 10.0. The number of hydrogen-bond acceptors (Lipinski definition) is 2. The average molecular weight is 288 g/mol. The maximum absolute atomic E-state index is 12.9. The van der Waals surface area contributed by atoms with Crippen LogP contribution < -0.4 is 15.0 Å². The van der Waals surface area contributed by atoms with Gasteiger partial charge >= 0.3 is 6.03 Å². The number of carbonyl (C=O) groups excluding carboxylic acids is 1. The van der Waals surface area contributed by atoms with E-state index in [0.29, 0.717) is 12.3 Å². The van der Waals surface area contributed by atoms with Crippen molar-refractivity contribution < 1.29 is 13.9 Å². The van der Waals surface area contributed by atoms with E-state index in [4.69, 9.17) is 4.74 Å². The first kappa shape index (κ1) is 14.8. The van der Waals surface area contributed by atoms with E-state index in [1.54, 1.807) is 19.2 Å². The summed E-state index contributed by atoms with van der Waals surface area (Å²) >= 11 is 0. The van der Waals surface area contributed by atoms with Crippen LogP contribution in [0.3, 0.4) is 0 Å². The Hall–Kier alpha value is -2.56. The monoisotopic (exact) mass is 288 g/mol. The number of hydrogen-bond donors (Lipinski definition) is 1. The van der Waals surface area contributed by atoms with Crippen LogP contribution in [-0.2, 0) is 0 Å². The minimum atomic E-state index is -0.347. The van der Waals surface area contributed by atoms with Gasteiger partial charge in [0.1, 0.15) is 18.2 Å². The van der Waals surface area contributed by atoms with Crippen molar-refractivity contribution >= 4 is 11.7 Å². The number of nitrogens with zero attached hydrogens (tertiary/aromatic N) is 1. The van der Waals surface area contributed by atoms with Crippen LogP contribution in [0.2, 0.25) is 0 Å². The van der Waals surface area contributed by atoms with E-state index in [9.17, 15) is 9.18 Å². The molecule has 0 aliphatic rings. The molecule has 2 rings (SSSR count). The second-order valence-electron chi connectivity index (χ2n) is 4.43. The van der Waals surface area contributed by atoms with Gasteiger partial charge < -0.3 is 10.1 Å². The van der Waals surface area contributed by atoms with E-state index in [1.165, 1.54) is 17.0 Å². The number of para-hydroxylation sites is 1. The summed E-state index contributed by atoms with van der Waals surface area (Å²) in [5.74, 6) is 0.0982. The zero-order valence-corrected chi connectivity index (χ0v) is 11.8. The number of nitrogens with one attached hydrogen (secondary N) is 1. The number of ether oxygens (including phenoxy) is 1. The number of amides is 2. The molecule has 0 bridgehead atoms. The van der Waals surface area contributed by atoms with Crippen molar-refractivity contribution in [1.29, 1.82) is 0 Å². The van der Waals surface area contributed by atoms with Crippen molar-refractivity contribution in [2.24, 2.45) is 0 Å². The third-order valence-electron chi connectivity index (χ3n) is 2.89. The maximum atomic E-state index is 12.9. The standard InChI is InChI=1S/C16H17FN2O2/c1-19(14-7-3-2-4-8-14)16(20)18-10-11-21-15-9-5-6-13(17)12-15/h2-9,12H,10-11H2,1H3,(H,18,20). The number of carbonyl (C=O) groups is 1. The molecule has 5 heteroatoms. The van der Waals surface area contributed by atoms with Gasteiger partial charge in [0.05, 0.1) is 6.54 Å². The summed E-state index contributed by atoms with van der Waals surface area (Å²) in [5, 5.41) is 2.73. The van der Waals surface area contributed by atoms with Crippen LogP contribution in [0.4, 0.5) is 14.9 Å². The fraction of sp³-hybridized carbons (Fsp3) is 0.188. The van der Waals surface area contributed by atoms with Crippen LogP contribution >= 0.6 is 0 Å². The van der Waals surface area contributed by atoms with Crippen LogP contribution in [0.15, 0.2) is 54.6 Å². The van der Waals surface area contributed by atoms with Gasteiger partial charge in [0.2, 0.25) is 0 Å². The Balaban J connectivity index is 1.74. The molecule has 0 spiro atoms. The SMILES string of the molecule is CN(C(=O)NCCOc1cccc(F)c1)c1ccccc1. The minimum absolute atomic E-state index is 0.218. The molecule has 0 aromatic heterocycles. The first-order valence-electron chi connectivity index (χ1n) is 6.62. The second kappa shape index (κ2) is 7.28. The first-order chi connectivity index (χ1) is 10.2. The molecule has 21 heavy (non-hydrogen) atoms. The zero-order chi connectivity index (χ0) is 15.1. The summed E-state index contributed by atoms with van der Waals surface area (Å²) in [7, 11) is 1.69. The summed E-state index contributed by atoms with van der Waals surface area (Å²) in [5.41, 5.74) is 0.807. The van der Waals surface area contributed by atoms with Crippen molar-refractivity contribution in [3.63, 3.8) is 0 Å². The Labute approximate surface area is 123 Å². The van der Waals surface area contributed by atoms with E-state index in [-0.39, 0.29) is 18.5 Å². The predicted molar refractivity (Wildman–Crippen MR) is 80.1 cm³/mol. The maximum Gasteiger partial charge on any atom is 0.321 e. The fourth-order valence-electron chi connectivity index (χ4n) is 1.77. The summed E-state index contributed by atoms with van der Waals surface area (Å²) < 4.78 is 18.3. The van der Waals surface area contributed by atoms with Crippen molar-refractivity contribution in [2.45, 2.75) is 0 Å². The Morgan fingerprint density at radius 3 is 2.67 bits per heavy atom. The average Bonchev–Trinajstić information content (AvgIpc) is 2.51. The Morgan fingerprint density at radius 1 is 1.19 bits per heavy atom. The van der Waals surface area contributed by atoms with E-state index in [0.717, 1.165) is 5.69 Å². The number of anilines is 1. The summed E-state index contributed by atoms with van der Waals surface area (Å²) in [6.45, 7) is 0.615. The van der Waals surface area contributed by atoms with Gasteiger partial charge in [-0.25, -0.2) is 9.18 Å². The van der Waals surface area contributed by atoms with Crippen molar-refractivity contribution in [1.82, 2.24) is 5.32 Å². The molecule has 0 fully saturated rings. The molecule has 0 aliphatic heterocycles. The second-order valence-corrected chi connectivity index (χ2v) is 4.43. The highest BCUT2D eigenvalue weighted by atomic mass is 19.1. The highest BCUT2D eigenvalue weighted by Gasteiger charge is 2.09. The molecule has 0 atom stereocenters. The third kappa shape index (κ3) is 4.49. The molecule has 0 saturated carbocycles. The zero-order valence-electron chi connectivity index (χ0n) is 11.8. The molecule has 2 aromatic carbocycles. The molecule has 2 aromatic rings. The van der Waals surface area contributed by atoms with Gasteiger partial charge in [-0.05, 0) is 24.3 Å². The quantitative estimate of drug-likeness (QED) is 0.859. The van der Waals surface area contributed by atoms with Crippen LogP contribution in [0.5, 0.6) is 5.75 Å². The van der Waals surface area contributed by atoms with Gasteiger partial charge in [0.15, 0.2) is 0 Å².